The topological polar surface area (TPSA) is 83.0 Å². The van der Waals surface area contributed by atoms with Gasteiger partial charge in [0, 0.05) is 26.2 Å². The maximum absolute atomic E-state index is 14.4. The van der Waals surface area contributed by atoms with Crippen LogP contribution in [0.5, 0.6) is 5.75 Å². The van der Waals surface area contributed by atoms with Gasteiger partial charge in [0.05, 0.1) is 18.9 Å². The first-order chi connectivity index (χ1) is 14.3. The minimum Gasteiger partial charge on any atom is -0.490 e. The molecule has 0 aromatic heterocycles. The molecule has 1 aromatic rings. The van der Waals surface area contributed by atoms with Crippen molar-refractivity contribution in [1.82, 2.24) is 14.9 Å². The Kier molecular flexibility index (Phi) is 9.81. The number of sulfonamides is 1. The van der Waals surface area contributed by atoms with Crippen LogP contribution >= 0.6 is 24.0 Å². The van der Waals surface area contributed by atoms with Crippen LogP contribution in [0.4, 0.5) is 4.39 Å². The third-order valence-corrected chi connectivity index (χ3v) is 6.82. The van der Waals surface area contributed by atoms with Crippen molar-refractivity contribution in [2.45, 2.75) is 39.2 Å². The highest BCUT2D eigenvalue weighted by Crippen LogP contribution is 2.30. The fraction of sp³-hybridized carbons (Fsp3) is 0.667. The molecule has 1 aliphatic carbocycles. The lowest BCUT2D eigenvalue weighted by Gasteiger charge is -2.19. The number of nitrogens with zero attached hydrogens (tertiary/aromatic N) is 2. The van der Waals surface area contributed by atoms with Crippen molar-refractivity contribution < 1.29 is 17.5 Å². The smallest absolute Gasteiger partial charge is 0.211 e. The maximum Gasteiger partial charge on any atom is 0.211 e. The number of nitrogens with one attached hydrogen (secondary N) is 2. The Morgan fingerprint density at radius 1 is 1.32 bits per heavy atom. The molecule has 0 amide bonds. The van der Waals surface area contributed by atoms with Gasteiger partial charge in [-0.1, -0.05) is 6.07 Å². The van der Waals surface area contributed by atoms with Crippen molar-refractivity contribution in [3.05, 3.63) is 29.6 Å². The Morgan fingerprint density at radius 2 is 2.06 bits per heavy atom. The summed E-state index contributed by atoms with van der Waals surface area (Å²) >= 11 is 0. The summed E-state index contributed by atoms with van der Waals surface area (Å²) in [7, 11) is -3.14. The van der Waals surface area contributed by atoms with E-state index in [1.165, 1.54) is 29.5 Å². The molecule has 0 spiro atoms. The molecule has 2 aliphatic rings. The van der Waals surface area contributed by atoms with Crippen molar-refractivity contribution >= 4 is 40.0 Å². The highest BCUT2D eigenvalue weighted by molar-refractivity contribution is 14.0. The lowest BCUT2D eigenvalue weighted by Crippen LogP contribution is -2.39. The number of hydrogen-bond acceptors (Lipinski definition) is 4. The Morgan fingerprint density at radius 3 is 2.65 bits per heavy atom. The monoisotopic (exact) mass is 568 g/mol. The van der Waals surface area contributed by atoms with E-state index in [-0.39, 0.29) is 41.8 Å². The largest absolute Gasteiger partial charge is 0.490 e. The van der Waals surface area contributed by atoms with Gasteiger partial charge in [0.15, 0.2) is 17.5 Å². The molecule has 2 unspecified atom stereocenters. The van der Waals surface area contributed by atoms with E-state index in [0.29, 0.717) is 50.4 Å². The van der Waals surface area contributed by atoms with Gasteiger partial charge in [-0.05, 0) is 62.6 Å². The van der Waals surface area contributed by atoms with E-state index in [1.54, 1.807) is 6.07 Å². The van der Waals surface area contributed by atoms with Gasteiger partial charge in [-0.25, -0.2) is 17.1 Å². The molecule has 1 saturated heterocycles. The molecule has 31 heavy (non-hydrogen) atoms. The molecule has 3 rings (SSSR count). The predicted octanol–water partition coefficient (Wildman–Crippen LogP) is 3.13. The summed E-state index contributed by atoms with van der Waals surface area (Å²) in [5.41, 5.74) is 0.806. The fourth-order valence-corrected chi connectivity index (χ4v) is 4.39. The summed E-state index contributed by atoms with van der Waals surface area (Å²) in [5.74, 6) is 1.36. The van der Waals surface area contributed by atoms with Gasteiger partial charge >= 0.3 is 0 Å². The van der Waals surface area contributed by atoms with Gasteiger partial charge in [-0.3, -0.25) is 4.99 Å². The van der Waals surface area contributed by atoms with E-state index in [1.807, 2.05) is 19.9 Å². The summed E-state index contributed by atoms with van der Waals surface area (Å²) in [6.07, 6.45) is 4.38. The summed E-state index contributed by atoms with van der Waals surface area (Å²) in [5, 5.41) is 6.51. The van der Waals surface area contributed by atoms with Crippen molar-refractivity contribution in [1.29, 1.82) is 0 Å². The van der Waals surface area contributed by atoms with Crippen LogP contribution in [0, 0.1) is 17.7 Å². The lowest BCUT2D eigenvalue weighted by atomic mass is 10.1. The van der Waals surface area contributed by atoms with Crippen molar-refractivity contribution in [3.8, 4) is 5.75 Å². The SMILES string of the molecule is CCNC(=NCC1CCN(S(C)(=O)=O)C1)NC(C)c1ccc(OCC2CC2)c(F)c1.I. The molecular weight excluding hydrogens is 534 g/mol. The van der Waals surface area contributed by atoms with Crippen molar-refractivity contribution in [2.24, 2.45) is 16.8 Å². The van der Waals surface area contributed by atoms with Crippen LogP contribution in [0.2, 0.25) is 0 Å². The molecule has 1 heterocycles. The third kappa shape index (κ3) is 8.05. The number of aliphatic imine (C=N–C) groups is 1. The molecule has 0 radical (unpaired) electrons. The van der Waals surface area contributed by atoms with Crippen LogP contribution in [0.25, 0.3) is 0 Å². The highest BCUT2D eigenvalue weighted by atomic mass is 127. The first-order valence-electron chi connectivity index (χ1n) is 10.7. The molecule has 1 saturated carbocycles. The maximum atomic E-state index is 14.4. The van der Waals surface area contributed by atoms with Gasteiger partial charge in [-0.15, -0.1) is 24.0 Å². The second-order valence-corrected chi connectivity index (χ2v) is 10.3. The zero-order chi connectivity index (χ0) is 21.7. The van der Waals surface area contributed by atoms with E-state index >= 15 is 0 Å². The van der Waals surface area contributed by atoms with Crippen LogP contribution in [0.1, 0.15) is 44.7 Å². The van der Waals surface area contributed by atoms with Crippen LogP contribution in [-0.2, 0) is 10.0 Å². The summed E-state index contributed by atoms with van der Waals surface area (Å²) in [6.45, 7) is 6.80. The average Bonchev–Trinajstić information content (AvgIpc) is 3.38. The zero-order valence-corrected chi connectivity index (χ0v) is 21.6. The molecule has 176 valence electrons. The predicted molar refractivity (Wildman–Crippen MR) is 132 cm³/mol. The standard InChI is InChI=1S/C21H33FN4O3S.HI/c1-4-23-21(24-12-17-9-10-26(13-17)30(3,27)28)25-15(2)18-7-8-20(19(22)11-18)29-14-16-5-6-16;/h7-8,11,15-17H,4-6,9-10,12-14H2,1-3H3,(H2,23,24,25);1H. The number of rotatable bonds is 9. The second-order valence-electron chi connectivity index (χ2n) is 8.31. The Bertz CT molecular complexity index is 864. The third-order valence-electron chi connectivity index (χ3n) is 5.55. The fourth-order valence-electron chi connectivity index (χ4n) is 3.47. The van der Waals surface area contributed by atoms with E-state index in [0.717, 1.165) is 12.0 Å². The van der Waals surface area contributed by atoms with Gasteiger partial charge in [-0.2, -0.15) is 0 Å². The molecule has 2 fully saturated rings. The van der Waals surface area contributed by atoms with Crippen LogP contribution < -0.4 is 15.4 Å². The first-order valence-corrected chi connectivity index (χ1v) is 12.5. The minimum absolute atomic E-state index is 0. The molecule has 0 bridgehead atoms. The molecule has 2 N–H and O–H groups in total. The highest BCUT2D eigenvalue weighted by Gasteiger charge is 2.28. The molecule has 7 nitrogen and oxygen atoms in total. The van der Waals surface area contributed by atoms with Crippen molar-refractivity contribution in [3.63, 3.8) is 0 Å². The van der Waals surface area contributed by atoms with Gasteiger partial charge in [0.1, 0.15) is 0 Å². The lowest BCUT2D eigenvalue weighted by molar-refractivity contribution is 0.285. The molecule has 10 heteroatoms. The first kappa shape index (κ1) is 26.1. The van der Waals surface area contributed by atoms with Crippen LogP contribution in [0.3, 0.4) is 0 Å². The Hall–Kier alpha value is -1.14. The van der Waals surface area contributed by atoms with Gasteiger partial charge < -0.3 is 15.4 Å². The summed E-state index contributed by atoms with van der Waals surface area (Å²) < 4.78 is 44.8. The van der Waals surface area contributed by atoms with Crippen LogP contribution in [-0.4, -0.2) is 57.7 Å². The molecular formula is C21H34FIN4O3S. The normalized spacial score (nSPS) is 20.8. The van der Waals surface area contributed by atoms with E-state index in [4.69, 9.17) is 4.74 Å². The Balaban J connectivity index is 0.00000341. The molecule has 1 aromatic carbocycles. The number of ether oxygens (including phenoxy) is 1. The summed E-state index contributed by atoms with van der Waals surface area (Å²) in [6, 6.07) is 4.91. The quantitative estimate of drug-likeness (QED) is 0.272. The zero-order valence-electron chi connectivity index (χ0n) is 18.4. The van der Waals surface area contributed by atoms with Crippen LogP contribution in [0.15, 0.2) is 23.2 Å². The van der Waals surface area contributed by atoms with Crippen molar-refractivity contribution in [2.75, 3.05) is 39.0 Å². The minimum atomic E-state index is -3.14. The number of benzene rings is 1. The Labute approximate surface area is 202 Å². The van der Waals surface area contributed by atoms with E-state index in [9.17, 15) is 12.8 Å². The average molecular weight is 568 g/mol. The van der Waals surface area contributed by atoms with E-state index in [2.05, 4.69) is 15.6 Å². The number of hydrogen-bond donors (Lipinski definition) is 2. The van der Waals surface area contributed by atoms with Gasteiger partial charge in [0.2, 0.25) is 10.0 Å². The second kappa shape index (κ2) is 11.6. The molecule has 2 atom stereocenters. The van der Waals surface area contributed by atoms with Gasteiger partial charge in [0.25, 0.3) is 0 Å². The number of halogens is 2. The number of guanidine groups is 1. The summed E-state index contributed by atoms with van der Waals surface area (Å²) in [4.78, 5) is 4.63. The molecule has 1 aliphatic heterocycles. The van der Waals surface area contributed by atoms with E-state index < -0.39 is 10.0 Å².